The van der Waals surface area contributed by atoms with Crippen LogP contribution in [0.25, 0.3) is 21.9 Å². The van der Waals surface area contributed by atoms with Gasteiger partial charge in [0.25, 0.3) is 5.91 Å². The Morgan fingerprint density at radius 1 is 1.05 bits per heavy atom. The quantitative estimate of drug-likeness (QED) is 0.572. The number of nitrogens with zero attached hydrogens (tertiary/aromatic N) is 2. The van der Waals surface area contributed by atoms with E-state index in [1.165, 1.54) is 0 Å². The van der Waals surface area contributed by atoms with Gasteiger partial charge >= 0.3 is 0 Å². The predicted octanol–water partition coefficient (Wildman–Crippen LogP) is 3.21. The number of nitrogens with one attached hydrogen (secondary N) is 1. The Morgan fingerprint density at radius 2 is 1.85 bits per heavy atom. The minimum Gasteiger partial charge on any atom is -0.351 e. The van der Waals surface area contributed by atoms with Gasteiger partial charge in [0.15, 0.2) is 0 Å². The van der Waals surface area contributed by atoms with Crippen LogP contribution < -0.4 is 0 Å². The first-order valence-corrected chi connectivity index (χ1v) is 6.37. The Bertz CT molecular complexity index is 900. The number of aromatic nitrogens is 3. The predicted molar refractivity (Wildman–Crippen MR) is 77.8 cm³/mol. The Labute approximate surface area is 114 Å². The molecule has 0 bridgehead atoms. The molecule has 20 heavy (non-hydrogen) atoms. The van der Waals surface area contributed by atoms with Crippen molar-refractivity contribution in [2.24, 2.45) is 0 Å². The summed E-state index contributed by atoms with van der Waals surface area (Å²) in [6.07, 6.45) is 1.57. The number of para-hydroxylation sites is 3. The number of hydrogen-bond acceptors (Lipinski definition) is 2. The fourth-order valence-corrected chi connectivity index (χ4v) is 2.44. The molecule has 4 heteroatoms. The van der Waals surface area contributed by atoms with Gasteiger partial charge < -0.3 is 4.98 Å². The lowest BCUT2D eigenvalue weighted by molar-refractivity contribution is 0.0960. The van der Waals surface area contributed by atoms with Gasteiger partial charge in [-0.15, -0.1) is 0 Å². The van der Waals surface area contributed by atoms with Gasteiger partial charge in [0, 0.05) is 10.9 Å². The van der Waals surface area contributed by atoms with E-state index in [1.807, 2.05) is 54.6 Å². The average Bonchev–Trinajstić information content (AvgIpc) is 3.10. The Balaban J connectivity index is 1.87. The van der Waals surface area contributed by atoms with Crippen molar-refractivity contribution < 1.29 is 4.79 Å². The number of hydrogen-bond donors (Lipinski definition) is 1. The highest BCUT2D eigenvalue weighted by molar-refractivity contribution is 6.03. The molecule has 0 saturated carbocycles. The molecule has 0 radical (unpaired) electrons. The van der Waals surface area contributed by atoms with Crippen LogP contribution in [0, 0.1) is 0 Å². The third-order valence-corrected chi connectivity index (χ3v) is 3.43. The van der Waals surface area contributed by atoms with Crippen LogP contribution in [-0.2, 0) is 0 Å². The molecule has 1 N–H and O–H groups in total. The van der Waals surface area contributed by atoms with Crippen LogP contribution >= 0.6 is 0 Å². The monoisotopic (exact) mass is 261 g/mol. The van der Waals surface area contributed by atoms with Crippen LogP contribution in [0.5, 0.6) is 0 Å². The third kappa shape index (κ3) is 1.55. The highest BCUT2D eigenvalue weighted by Crippen LogP contribution is 2.18. The van der Waals surface area contributed by atoms with E-state index >= 15 is 0 Å². The van der Waals surface area contributed by atoms with Gasteiger partial charge in [-0.05, 0) is 24.3 Å². The molecule has 96 valence electrons. The average molecular weight is 261 g/mol. The van der Waals surface area contributed by atoms with E-state index in [9.17, 15) is 4.79 Å². The lowest BCUT2D eigenvalue weighted by Gasteiger charge is -2.00. The topological polar surface area (TPSA) is 50.7 Å². The number of rotatable bonds is 1. The Kier molecular flexibility index (Phi) is 2.23. The molecule has 4 rings (SSSR count). The summed E-state index contributed by atoms with van der Waals surface area (Å²) >= 11 is 0. The van der Waals surface area contributed by atoms with Crippen LogP contribution in [0.4, 0.5) is 0 Å². The van der Waals surface area contributed by atoms with E-state index in [0.717, 1.165) is 21.9 Å². The zero-order valence-electron chi connectivity index (χ0n) is 10.6. The maximum Gasteiger partial charge on any atom is 0.280 e. The molecule has 0 aliphatic heterocycles. The molecule has 0 amide bonds. The van der Waals surface area contributed by atoms with Gasteiger partial charge in [0.2, 0.25) is 0 Å². The summed E-state index contributed by atoms with van der Waals surface area (Å²) in [6, 6.07) is 17.3. The molecule has 4 nitrogen and oxygen atoms in total. The van der Waals surface area contributed by atoms with Gasteiger partial charge in [0.05, 0.1) is 11.0 Å². The van der Waals surface area contributed by atoms with Gasteiger partial charge in [-0.3, -0.25) is 9.36 Å². The number of fused-ring (bicyclic) bond motifs is 2. The van der Waals surface area contributed by atoms with Crippen LogP contribution in [-0.4, -0.2) is 20.4 Å². The summed E-state index contributed by atoms with van der Waals surface area (Å²) in [5, 5.41) is 1.03. The van der Waals surface area contributed by atoms with Gasteiger partial charge in [-0.25, -0.2) is 4.98 Å². The van der Waals surface area contributed by atoms with Crippen molar-refractivity contribution in [1.29, 1.82) is 0 Å². The van der Waals surface area contributed by atoms with Crippen molar-refractivity contribution >= 4 is 27.8 Å². The van der Waals surface area contributed by atoms with Crippen molar-refractivity contribution in [2.45, 2.75) is 0 Å². The van der Waals surface area contributed by atoms with Crippen LogP contribution in [0.15, 0.2) is 60.9 Å². The molecule has 0 aliphatic rings. The first-order chi connectivity index (χ1) is 9.83. The zero-order chi connectivity index (χ0) is 13.5. The molecular formula is C16H11N3O. The maximum absolute atomic E-state index is 12.6. The SMILES string of the molecule is O=C(c1cc2ccccc2[nH]1)n1cnc2ccccc21. The van der Waals surface area contributed by atoms with Crippen molar-refractivity contribution in [2.75, 3.05) is 0 Å². The fourth-order valence-electron chi connectivity index (χ4n) is 2.44. The second-order valence-corrected chi connectivity index (χ2v) is 4.68. The molecule has 0 aliphatic carbocycles. The molecule has 0 unspecified atom stereocenters. The van der Waals surface area contributed by atoms with E-state index in [-0.39, 0.29) is 5.91 Å². The first-order valence-electron chi connectivity index (χ1n) is 6.37. The molecule has 0 spiro atoms. The van der Waals surface area contributed by atoms with Crippen LogP contribution in [0.2, 0.25) is 0 Å². The molecule has 0 atom stereocenters. The maximum atomic E-state index is 12.6. The molecule has 2 heterocycles. The summed E-state index contributed by atoms with van der Waals surface area (Å²) < 4.78 is 1.57. The largest absolute Gasteiger partial charge is 0.351 e. The van der Waals surface area contributed by atoms with Crippen LogP contribution in [0.1, 0.15) is 10.5 Å². The lowest BCUT2D eigenvalue weighted by Crippen LogP contribution is -2.10. The number of carbonyl (C=O) groups excluding carboxylic acids is 1. The van der Waals surface area contributed by atoms with E-state index in [1.54, 1.807) is 10.9 Å². The number of H-pyrrole nitrogens is 1. The van der Waals surface area contributed by atoms with Crippen molar-refractivity contribution in [3.8, 4) is 0 Å². The second kappa shape index (κ2) is 4.06. The van der Waals surface area contributed by atoms with Crippen molar-refractivity contribution in [3.05, 3.63) is 66.6 Å². The molecule has 4 aromatic rings. The highest BCUT2D eigenvalue weighted by atomic mass is 16.2. The molecule has 0 fully saturated rings. The van der Waals surface area contributed by atoms with E-state index in [4.69, 9.17) is 0 Å². The Hall–Kier alpha value is -2.88. The number of imidazole rings is 1. The fraction of sp³-hybridized carbons (Fsp3) is 0. The van der Waals surface area contributed by atoms with Crippen molar-refractivity contribution in [3.63, 3.8) is 0 Å². The van der Waals surface area contributed by atoms with E-state index < -0.39 is 0 Å². The number of benzene rings is 2. The smallest absolute Gasteiger partial charge is 0.280 e. The van der Waals surface area contributed by atoms with Crippen LogP contribution in [0.3, 0.4) is 0 Å². The summed E-state index contributed by atoms with van der Waals surface area (Å²) in [5.41, 5.74) is 3.16. The molecule has 2 aromatic heterocycles. The zero-order valence-corrected chi connectivity index (χ0v) is 10.6. The normalized spacial score (nSPS) is 11.2. The minimum atomic E-state index is -0.102. The summed E-state index contributed by atoms with van der Waals surface area (Å²) in [4.78, 5) is 20.0. The first kappa shape index (κ1) is 11.0. The standard InChI is InChI=1S/C16H11N3O/c20-16(14-9-11-5-1-2-6-12(11)18-14)19-10-17-13-7-3-4-8-15(13)19/h1-10,18H. The van der Waals surface area contributed by atoms with E-state index in [2.05, 4.69) is 9.97 Å². The molecule has 0 saturated heterocycles. The minimum absolute atomic E-state index is 0.102. The number of aromatic amines is 1. The number of carbonyl (C=O) groups is 1. The molecular weight excluding hydrogens is 250 g/mol. The summed E-state index contributed by atoms with van der Waals surface area (Å²) in [6.45, 7) is 0. The third-order valence-electron chi connectivity index (χ3n) is 3.43. The van der Waals surface area contributed by atoms with E-state index in [0.29, 0.717) is 5.69 Å². The van der Waals surface area contributed by atoms with Gasteiger partial charge in [-0.1, -0.05) is 30.3 Å². The van der Waals surface area contributed by atoms with Gasteiger partial charge in [-0.2, -0.15) is 0 Å². The molecule has 2 aromatic carbocycles. The lowest BCUT2D eigenvalue weighted by atomic mass is 10.2. The van der Waals surface area contributed by atoms with Crippen molar-refractivity contribution in [1.82, 2.24) is 14.5 Å². The Morgan fingerprint density at radius 3 is 2.75 bits per heavy atom. The summed E-state index contributed by atoms with van der Waals surface area (Å²) in [7, 11) is 0. The second-order valence-electron chi connectivity index (χ2n) is 4.68. The highest BCUT2D eigenvalue weighted by Gasteiger charge is 2.14. The van der Waals surface area contributed by atoms with Gasteiger partial charge in [0.1, 0.15) is 12.0 Å². The summed E-state index contributed by atoms with van der Waals surface area (Å²) in [5.74, 6) is -0.102.